The molecule has 1 amide bonds. The highest BCUT2D eigenvalue weighted by atomic mass is 79.9. The summed E-state index contributed by atoms with van der Waals surface area (Å²) in [7, 11) is 1.64. The number of rotatable bonds is 8. The number of nitrogens with zero attached hydrogens (tertiary/aromatic N) is 1. The number of amides is 1. The van der Waals surface area contributed by atoms with Gasteiger partial charge in [-0.1, -0.05) is 12.1 Å². The molecular weight excluding hydrogens is 436 g/mol. The average molecular weight is 453 g/mol. The molecule has 2 heterocycles. The molecule has 8 heteroatoms. The average Bonchev–Trinajstić information content (AvgIpc) is 3.30. The van der Waals surface area contributed by atoms with E-state index in [4.69, 9.17) is 9.47 Å². The van der Waals surface area contributed by atoms with Crippen molar-refractivity contribution in [1.82, 2.24) is 10.3 Å². The number of carbonyl (C=O) groups excluding carboxylic acids is 1. The minimum atomic E-state index is -0.177. The molecule has 0 saturated heterocycles. The van der Waals surface area contributed by atoms with Crippen molar-refractivity contribution in [3.8, 4) is 15.6 Å². The van der Waals surface area contributed by atoms with Gasteiger partial charge in [0.15, 0.2) is 0 Å². The van der Waals surface area contributed by atoms with Crippen molar-refractivity contribution in [2.75, 3.05) is 20.3 Å². The topological polar surface area (TPSA) is 60.5 Å². The summed E-state index contributed by atoms with van der Waals surface area (Å²) in [6, 6.07) is 9.62. The molecular formula is C18H17BrN2O3S2. The zero-order valence-corrected chi connectivity index (χ0v) is 17.2. The van der Waals surface area contributed by atoms with E-state index in [0.29, 0.717) is 25.5 Å². The third-order valence-corrected chi connectivity index (χ3v) is 6.15. The Morgan fingerprint density at radius 1 is 1.19 bits per heavy atom. The zero-order chi connectivity index (χ0) is 18.4. The Bertz CT molecular complexity index is 861. The summed E-state index contributed by atoms with van der Waals surface area (Å²) >= 11 is 6.50. The van der Waals surface area contributed by atoms with Crippen molar-refractivity contribution in [1.29, 1.82) is 0 Å². The van der Waals surface area contributed by atoms with E-state index in [1.54, 1.807) is 23.8 Å². The number of halogens is 1. The summed E-state index contributed by atoms with van der Waals surface area (Å²) in [5.74, 6) is 0.604. The third-order valence-electron chi connectivity index (χ3n) is 3.45. The van der Waals surface area contributed by atoms with Crippen LogP contribution in [0.15, 0.2) is 45.6 Å². The van der Waals surface area contributed by atoms with Gasteiger partial charge in [-0.15, -0.1) is 22.7 Å². The van der Waals surface area contributed by atoms with Crippen LogP contribution in [-0.4, -0.2) is 31.2 Å². The zero-order valence-electron chi connectivity index (χ0n) is 14.0. The van der Waals surface area contributed by atoms with Crippen LogP contribution in [-0.2, 0) is 11.3 Å². The molecule has 0 saturated carbocycles. The number of hydrogen-bond acceptors (Lipinski definition) is 6. The maximum Gasteiger partial charge on any atom is 0.271 e. The number of aromatic nitrogens is 1. The summed E-state index contributed by atoms with van der Waals surface area (Å²) in [4.78, 5) is 17.8. The monoisotopic (exact) mass is 452 g/mol. The van der Waals surface area contributed by atoms with Gasteiger partial charge in [-0.3, -0.25) is 4.79 Å². The normalized spacial score (nSPS) is 10.7. The quantitative estimate of drug-likeness (QED) is 0.507. The summed E-state index contributed by atoms with van der Waals surface area (Å²) < 4.78 is 11.5. The van der Waals surface area contributed by atoms with E-state index in [1.165, 1.54) is 11.3 Å². The van der Waals surface area contributed by atoms with Crippen molar-refractivity contribution in [3.05, 3.63) is 56.8 Å². The van der Waals surface area contributed by atoms with Gasteiger partial charge in [0, 0.05) is 28.9 Å². The van der Waals surface area contributed by atoms with Crippen LogP contribution >= 0.6 is 38.6 Å². The second-order valence-electron chi connectivity index (χ2n) is 5.33. The molecule has 3 aromatic rings. The van der Waals surface area contributed by atoms with Crippen molar-refractivity contribution in [3.63, 3.8) is 0 Å². The van der Waals surface area contributed by atoms with E-state index >= 15 is 0 Å². The molecule has 0 bridgehead atoms. The highest BCUT2D eigenvalue weighted by molar-refractivity contribution is 9.10. The molecule has 2 aromatic heterocycles. The molecule has 5 nitrogen and oxygen atoms in total. The fourth-order valence-corrected chi connectivity index (χ4v) is 4.44. The molecule has 0 fully saturated rings. The van der Waals surface area contributed by atoms with Crippen molar-refractivity contribution in [2.45, 2.75) is 6.54 Å². The maximum absolute atomic E-state index is 12.3. The SMILES string of the molecule is COCCOc1ccc(CNC(=O)c2csc(-c3cc(Br)cs3)n2)cc1. The molecule has 3 rings (SSSR count). The molecule has 136 valence electrons. The standard InChI is InChI=1S/C18H17BrN2O3S2/c1-23-6-7-24-14-4-2-12(3-5-14)9-20-17(22)15-11-26-18(21-15)16-8-13(19)10-25-16/h2-5,8,10-11H,6-7,9H2,1H3,(H,20,22). The van der Waals surface area contributed by atoms with Crippen molar-refractivity contribution >= 4 is 44.5 Å². The summed E-state index contributed by atoms with van der Waals surface area (Å²) in [5, 5.41) is 7.53. The second-order valence-corrected chi connectivity index (χ2v) is 8.02. The van der Waals surface area contributed by atoms with E-state index in [1.807, 2.05) is 35.7 Å². The molecule has 1 N–H and O–H groups in total. The first-order valence-electron chi connectivity index (χ1n) is 7.84. The molecule has 0 aliphatic heterocycles. The lowest BCUT2D eigenvalue weighted by Crippen LogP contribution is -2.23. The van der Waals surface area contributed by atoms with Gasteiger partial charge in [-0.25, -0.2) is 4.98 Å². The van der Waals surface area contributed by atoms with Gasteiger partial charge in [0.2, 0.25) is 0 Å². The van der Waals surface area contributed by atoms with E-state index in [0.717, 1.165) is 25.7 Å². The third kappa shape index (κ3) is 5.14. The van der Waals surface area contributed by atoms with Crippen molar-refractivity contribution < 1.29 is 14.3 Å². The molecule has 0 aliphatic carbocycles. The Morgan fingerprint density at radius 3 is 2.69 bits per heavy atom. The smallest absolute Gasteiger partial charge is 0.271 e. The summed E-state index contributed by atoms with van der Waals surface area (Å²) in [6.45, 7) is 1.50. The molecule has 0 aliphatic rings. The van der Waals surface area contributed by atoms with E-state index in [-0.39, 0.29) is 5.91 Å². The lowest BCUT2D eigenvalue weighted by Gasteiger charge is -2.07. The van der Waals surface area contributed by atoms with Gasteiger partial charge in [-0.2, -0.15) is 0 Å². The number of thiophene rings is 1. The van der Waals surface area contributed by atoms with Crippen LogP contribution in [0.1, 0.15) is 16.1 Å². The minimum Gasteiger partial charge on any atom is -0.491 e. The van der Waals surface area contributed by atoms with Crippen molar-refractivity contribution in [2.24, 2.45) is 0 Å². The first-order chi connectivity index (χ1) is 12.7. The van der Waals surface area contributed by atoms with Crippen LogP contribution in [0.4, 0.5) is 0 Å². The van der Waals surface area contributed by atoms with E-state index in [2.05, 4.69) is 26.2 Å². The molecule has 26 heavy (non-hydrogen) atoms. The lowest BCUT2D eigenvalue weighted by molar-refractivity contribution is 0.0946. The summed E-state index contributed by atoms with van der Waals surface area (Å²) in [6.07, 6.45) is 0. The molecule has 0 radical (unpaired) electrons. The highest BCUT2D eigenvalue weighted by Gasteiger charge is 2.12. The maximum atomic E-state index is 12.3. The van der Waals surface area contributed by atoms with Crippen LogP contribution in [0.5, 0.6) is 5.75 Å². The Hall–Kier alpha value is -1.74. The van der Waals surface area contributed by atoms with Gasteiger partial charge in [0.05, 0.1) is 11.5 Å². The lowest BCUT2D eigenvalue weighted by atomic mass is 10.2. The fraction of sp³-hybridized carbons (Fsp3) is 0.222. The number of methoxy groups -OCH3 is 1. The van der Waals surface area contributed by atoms with Crippen LogP contribution in [0.25, 0.3) is 9.88 Å². The van der Waals surface area contributed by atoms with Gasteiger partial charge in [0.25, 0.3) is 5.91 Å². The number of nitrogens with one attached hydrogen (secondary N) is 1. The van der Waals surface area contributed by atoms with Crippen LogP contribution in [0.2, 0.25) is 0 Å². The first-order valence-corrected chi connectivity index (χ1v) is 10.4. The Kier molecular flexibility index (Phi) is 6.79. The number of carbonyl (C=O) groups is 1. The van der Waals surface area contributed by atoms with Gasteiger partial charge >= 0.3 is 0 Å². The number of ether oxygens (including phenoxy) is 2. The fourth-order valence-electron chi connectivity index (χ4n) is 2.14. The Labute approximate surface area is 168 Å². The minimum absolute atomic E-state index is 0.177. The predicted octanol–water partition coefficient (Wildman–Crippen LogP) is 4.59. The summed E-state index contributed by atoms with van der Waals surface area (Å²) in [5.41, 5.74) is 1.43. The van der Waals surface area contributed by atoms with Gasteiger partial charge in [-0.05, 0) is 39.7 Å². The van der Waals surface area contributed by atoms with E-state index < -0.39 is 0 Å². The first kappa shape index (κ1) is 19.0. The van der Waals surface area contributed by atoms with Crippen LogP contribution in [0.3, 0.4) is 0 Å². The predicted molar refractivity (Wildman–Crippen MR) is 108 cm³/mol. The molecule has 0 atom stereocenters. The highest BCUT2D eigenvalue weighted by Crippen LogP contribution is 2.31. The van der Waals surface area contributed by atoms with Crippen LogP contribution < -0.4 is 10.1 Å². The second kappa shape index (κ2) is 9.27. The molecule has 0 unspecified atom stereocenters. The van der Waals surface area contributed by atoms with Crippen LogP contribution in [0, 0.1) is 0 Å². The van der Waals surface area contributed by atoms with Gasteiger partial charge < -0.3 is 14.8 Å². The largest absolute Gasteiger partial charge is 0.491 e. The van der Waals surface area contributed by atoms with E-state index in [9.17, 15) is 4.79 Å². The Balaban J connectivity index is 1.53. The number of hydrogen-bond donors (Lipinski definition) is 1. The van der Waals surface area contributed by atoms with Gasteiger partial charge in [0.1, 0.15) is 23.1 Å². The molecule has 1 aromatic carbocycles. The Morgan fingerprint density at radius 2 is 2.00 bits per heavy atom. The number of benzene rings is 1. The molecule has 0 spiro atoms. The number of thiazole rings is 1.